The van der Waals surface area contributed by atoms with Crippen LogP contribution in [0.5, 0.6) is 0 Å². The lowest BCUT2D eigenvalue weighted by Crippen LogP contribution is -2.33. The van der Waals surface area contributed by atoms with Crippen LogP contribution in [0.2, 0.25) is 0 Å². The fraction of sp³-hybridized carbons (Fsp3) is 0.154. The van der Waals surface area contributed by atoms with E-state index in [1.165, 1.54) is 24.3 Å². The van der Waals surface area contributed by atoms with Gasteiger partial charge in [-0.25, -0.2) is 4.39 Å². The summed E-state index contributed by atoms with van der Waals surface area (Å²) in [7, 11) is 0. The molecule has 35 heavy (non-hydrogen) atoms. The minimum absolute atomic E-state index is 0.179. The lowest BCUT2D eigenvalue weighted by Gasteiger charge is -2.28. The Bertz CT molecular complexity index is 1310. The number of amides is 1. The van der Waals surface area contributed by atoms with Crippen LogP contribution in [-0.4, -0.2) is 37.0 Å². The third-order valence-corrected chi connectivity index (χ3v) is 6.27. The second-order valence-corrected chi connectivity index (χ2v) is 8.53. The largest absolute Gasteiger partial charge is 0.352 e. The standard InChI is InChI=1S/C26H23FN6OS/c27-18-8-10-19(11-9-18)30-23(34)12-16-33-25(24(31-26(33)35)21-6-1-2-14-29-21)22-7-4-15-32(22)20-5-3-13-28-17-20/h1-11,13-15,17,24-25H,12,16H2,(H,30,34)(H,31,35)/t24-,25+/m0/s1. The number of nitrogens with one attached hydrogen (secondary N) is 2. The number of halogens is 1. The van der Waals surface area contributed by atoms with Gasteiger partial charge in [-0.05, 0) is 72.9 Å². The Kier molecular flexibility index (Phi) is 6.49. The van der Waals surface area contributed by atoms with Crippen molar-refractivity contribution in [2.24, 2.45) is 0 Å². The second kappa shape index (κ2) is 10.0. The van der Waals surface area contributed by atoms with Gasteiger partial charge in [0.25, 0.3) is 0 Å². The van der Waals surface area contributed by atoms with Crippen molar-refractivity contribution >= 4 is 28.9 Å². The summed E-state index contributed by atoms with van der Waals surface area (Å²) in [5.74, 6) is -0.529. The normalized spacial score (nSPS) is 17.3. The summed E-state index contributed by atoms with van der Waals surface area (Å²) < 4.78 is 15.3. The SMILES string of the molecule is O=C(CCN1C(=S)N[C@@H](c2ccccn2)[C@H]1c1cccn1-c1cccnc1)Nc1ccc(F)cc1. The molecule has 0 unspecified atom stereocenters. The number of hydrogen-bond acceptors (Lipinski definition) is 4. The van der Waals surface area contributed by atoms with Crippen molar-refractivity contribution in [1.29, 1.82) is 0 Å². The Morgan fingerprint density at radius 3 is 2.66 bits per heavy atom. The van der Waals surface area contributed by atoms with Gasteiger partial charge in [0.1, 0.15) is 5.82 Å². The first kappa shape index (κ1) is 22.7. The number of carbonyl (C=O) groups is 1. The molecular formula is C26H23FN6OS. The van der Waals surface area contributed by atoms with Gasteiger partial charge in [-0.1, -0.05) is 6.07 Å². The van der Waals surface area contributed by atoms with Crippen molar-refractivity contribution in [2.45, 2.75) is 18.5 Å². The van der Waals surface area contributed by atoms with Crippen LogP contribution < -0.4 is 10.6 Å². The van der Waals surface area contributed by atoms with Crippen LogP contribution >= 0.6 is 12.2 Å². The first-order valence-corrected chi connectivity index (χ1v) is 11.6. The molecule has 0 saturated carbocycles. The van der Waals surface area contributed by atoms with Gasteiger partial charge < -0.3 is 20.1 Å². The lowest BCUT2D eigenvalue weighted by atomic mass is 10.0. The molecule has 1 saturated heterocycles. The third-order valence-electron chi connectivity index (χ3n) is 5.91. The van der Waals surface area contributed by atoms with Crippen molar-refractivity contribution in [1.82, 2.24) is 24.8 Å². The lowest BCUT2D eigenvalue weighted by molar-refractivity contribution is -0.116. The Morgan fingerprint density at radius 2 is 1.91 bits per heavy atom. The van der Waals surface area contributed by atoms with Crippen molar-refractivity contribution in [2.75, 3.05) is 11.9 Å². The molecule has 176 valence electrons. The van der Waals surface area contributed by atoms with Gasteiger partial charge in [-0.2, -0.15) is 0 Å². The molecule has 0 radical (unpaired) electrons. The van der Waals surface area contributed by atoms with Gasteiger partial charge in [0.2, 0.25) is 5.91 Å². The third kappa shape index (κ3) is 4.90. The highest BCUT2D eigenvalue weighted by molar-refractivity contribution is 7.80. The first-order valence-electron chi connectivity index (χ1n) is 11.2. The molecule has 4 aromatic rings. The maximum Gasteiger partial charge on any atom is 0.226 e. The minimum Gasteiger partial charge on any atom is -0.352 e. The van der Waals surface area contributed by atoms with Crippen LogP contribution in [0.25, 0.3) is 5.69 Å². The van der Waals surface area contributed by atoms with Gasteiger partial charge >= 0.3 is 0 Å². The van der Waals surface area contributed by atoms with Gasteiger partial charge in [0.05, 0.1) is 29.7 Å². The number of carbonyl (C=O) groups excluding carboxylic acids is 1. The maximum atomic E-state index is 13.2. The van der Waals surface area contributed by atoms with Crippen LogP contribution in [-0.2, 0) is 4.79 Å². The van der Waals surface area contributed by atoms with Gasteiger partial charge in [-0.3, -0.25) is 14.8 Å². The van der Waals surface area contributed by atoms with Gasteiger partial charge in [-0.15, -0.1) is 0 Å². The molecule has 5 rings (SSSR count). The van der Waals surface area contributed by atoms with E-state index in [9.17, 15) is 9.18 Å². The molecule has 7 nitrogen and oxygen atoms in total. The number of thiocarbonyl (C=S) groups is 1. The van der Waals surface area contributed by atoms with E-state index in [4.69, 9.17) is 12.2 Å². The number of nitrogens with zero attached hydrogens (tertiary/aromatic N) is 4. The van der Waals surface area contributed by atoms with E-state index in [2.05, 4.69) is 31.2 Å². The number of benzene rings is 1. The van der Waals surface area contributed by atoms with Crippen LogP contribution in [0.4, 0.5) is 10.1 Å². The van der Waals surface area contributed by atoms with E-state index < -0.39 is 0 Å². The smallest absolute Gasteiger partial charge is 0.226 e. The number of hydrogen-bond donors (Lipinski definition) is 2. The highest BCUT2D eigenvalue weighted by atomic mass is 32.1. The zero-order chi connectivity index (χ0) is 24.2. The maximum absolute atomic E-state index is 13.2. The average Bonchev–Trinajstić information content (AvgIpc) is 3.49. The molecule has 4 heterocycles. The summed E-state index contributed by atoms with van der Waals surface area (Å²) in [6.07, 6.45) is 7.50. The molecule has 0 spiro atoms. The summed E-state index contributed by atoms with van der Waals surface area (Å²) in [4.78, 5) is 23.5. The van der Waals surface area contributed by atoms with E-state index in [1.54, 1.807) is 18.6 Å². The Hall–Kier alpha value is -4.11. The summed E-state index contributed by atoms with van der Waals surface area (Å²) in [5.41, 5.74) is 3.34. The van der Waals surface area contributed by atoms with Crippen molar-refractivity contribution in [3.8, 4) is 5.69 Å². The molecule has 0 aliphatic carbocycles. The highest BCUT2D eigenvalue weighted by Gasteiger charge is 2.41. The summed E-state index contributed by atoms with van der Waals surface area (Å²) in [5, 5.41) is 6.78. The van der Waals surface area contributed by atoms with Crippen molar-refractivity contribution < 1.29 is 9.18 Å². The van der Waals surface area contributed by atoms with Crippen molar-refractivity contribution in [3.63, 3.8) is 0 Å². The quantitative estimate of drug-likeness (QED) is 0.377. The van der Waals surface area contributed by atoms with E-state index in [0.29, 0.717) is 17.3 Å². The number of anilines is 1. The number of pyridine rings is 2. The Morgan fingerprint density at radius 1 is 1.06 bits per heavy atom. The second-order valence-electron chi connectivity index (χ2n) is 8.14. The predicted molar refractivity (Wildman–Crippen MR) is 135 cm³/mol. The summed E-state index contributed by atoms with van der Waals surface area (Å²) in [6, 6.07) is 19.0. The monoisotopic (exact) mass is 486 g/mol. The van der Waals surface area contributed by atoms with Gasteiger partial charge in [0, 0.05) is 42.9 Å². The van der Waals surface area contributed by atoms with Crippen LogP contribution in [0, 0.1) is 5.82 Å². The van der Waals surface area contributed by atoms with E-state index in [1.807, 2.05) is 47.5 Å². The van der Waals surface area contributed by atoms with Crippen molar-refractivity contribution in [3.05, 3.63) is 109 Å². The fourth-order valence-electron chi connectivity index (χ4n) is 4.31. The summed E-state index contributed by atoms with van der Waals surface area (Å²) in [6.45, 7) is 0.394. The molecule has 0 bridgehead atoms. The molecule has 3 aromatic heterocycles. The number of rotatable bonds is 7. The van der Waals surface area contributed by atoms with Crippen LogP contribution in [0.1, 0.15) is 29.9 Å². The van der Waals surface area contributed by atoms with Crippen LogP contribution in [0.3, 0.4) is 0 Å². The predicted octanol–water partition coefficient (Wildman–Crippen LogP) is 4.41. The first-order chi connectivity index (χ1) is 17.1. The van der Waals surface area contributed by atoms with E-state index >= 15 is 0 Å². The van der Waals surface area contributed by atoms with Crippen LogP contribution in [0.15, 0.2) is 91.5 Å². The number of aromatic nitrogens is 3. The molecule has 1 aromatic carbocycles. The zero-order valence-corrected chi connectivity index (χ0v) is 19.5. The molecular weight excluding hydrogens is 463 g/mol. The highest BCUT2D eigenvalue weighted by Crippen LogP contribution is 2.39. The molecule has 1 fully saturated rings. The molecule has 2 atom stereocenters. The minimum atomic E-state index is -0.350. The Labute approximate surface area is 207 Å². The molecule has 1 amide bonds. The van der Waals surface area contributed by atoms with Gasteiger partial charge in [0.15, 0.2) is 5.11 Å². The molecule has 9 heteroatoms. The molecule has 1 aliphatic rings. The average molecular weight is 487 g/mol. The summed E-state index contributed by atoms with van der Waals surface area (Å²) >= 11 is 5.72. The molecule has 2 N–H and O–H groups in total. The molecule has 1 aliphatic heterocycles. The fourth-order valence-corrected chi connectivity index (χ4v) is 4.64. The Balaban J connectivity index is 1.42. The topological polar surface area (TPSA) is 75.1 Å². The van der Waals surface area contributed by atoms with E-state index in [-0.39, 0.29) is 30.2 Å². The zero-order valence-electron chi connectivity index (χ0n) is 18.7. The van der Waals surface area contributed by atoms with E-state index in [0.717, 1.165) is 17.1 Å².